The monoisotopic (exact) mass is 458 g/mol. The number of rotatable bonds is 4. The van der Waals surface area contributed by atoms with Crippen LogP contribution in [0.2, 0.25) is 10.0 Å². The molecule has 2 aromatic rings. The summed E-state index contributed by atoms with van der Waals surface area (Å²) in [5, 5.41) is 4.60. The van der Waals surface area contributed by atoms with Crippen molar-refractivity contribution in [1.82, 2.24) is 5.43 Å². The first-order valence-electron chi connectivity index (χ1n) is 7.79. The van der Waals surface area contributed by atoms with Crippen molar-refractivity contribution in [3.63, 3.8) is 0 Å². The fourth-order valence-electron chi connectivity index (χ4n) is 2.58. The zero-order valence-corrected chi connectivity index (χ0v) is 16.8. The van der Waals surface area contributed by atoms with Crippen LogP contribution in [-0.2, 0) is 11.2 Å². The lowest BCUT2D eigenvalue weighted by atomic mass is 9.97. The largest absolute Gasteiger partial charge is 0.453 e. The molecule has 1 amide bonds. The van der Waals surface area contributed by atoms with Gasteiger partial charge in [0.25, 0.3) is 0 Å². The molecule has 1 aliphatic heterocycles. The lowest BCUT2D eigenvalue weighted by Gasteiger charge is -2.18. The summed E-state index contributed by atoms with van der Waals surface area (Å²) in [6.45, 7) is 1.80. The van der Waals surface area contributed by atoms with Crippen LogP contribution in [0.15, 0.2) is 39.9 Å². The number of nitrogens with one attached hydrogen (secondary N) is 1. The number of hydrazone groups is 1. The van der Waals surface area contributed by atoms with E-state index in [-0.39, 0.29) is 29.0 Å². The molecular formula is C18H14BrCl2FN2O2. The number of benzene rings is 2. The standard InChI is InChI=1S/C18H14BrCl2FN2O2/c1-9-4-13(23-24-18(9)25)5-10-2-3-15(21)17(16(10)22)26-14-7-11(19)6-12(20)8-14/h2-3,6-9H,4-5H2,1H3,(H,24,25)/t9-/m0/s1. The predicted molar refractivity (Wildman–Crippen MR) is 104 cm³/mol. The van der Waals surface area contributed by atoms with Crippen LogP contribution in [0, 0.1) is 11.7 Å². The number of ether oxygens (including phenoxy) is 1. The summed E-state index contributed by atoms with van der Waals surface area (Å²) in [5.41, 5.74) is 3.52. The topological polar surface area (TPSA) is 50.7 Å². The first kappa shape index (κ1) is 19.1. The first-order valence-corrected chi connectivity index (χ1v) is 9.34. The van der Waals surface area contributed by atoms with Crippen LogP contribution >= 0.6 is 39.1 Å². The number of hydrogen-bond donors (Lipinski definition) is 1. The van der Waals surface area contributed by atoms with Gasteiger partial charge in [0.15, 0.2) is 11.6 Å². The normalized spacial score (nSPS) is 16.9. The number of nitrogens with zero attached hydrogens (tertiary/aromatic N) is 1. The molecular weight excluding hydrogens is 446 g/mol. The average molecular weight is 460 g/mol. The second-order valence-corrected chi connectivity index (χ2v) is 7.75. The Morgan fingerprint density at radius 2 is 2.12 bits per heavy atom. The van der Waals surface area contributed by atoms with Gasteiger partial charge in [-0.15, -0.1) is 0 Å². The number of halogens is 4. The highest BCUT2D eigenvalue weighted by atomic mass is 79.9. The van der Waals surface area contributed by atoms with Crippen molar-refractivity contribution >= 4 is 50.8 Å². The maximum Gasteiger partial charge on any atom is 0.243 e. The Kier molecular flexibility index (Phi) is 5.85. The molecule has 1 N–H and O–H groups in total. The van der Waals surface area contributed by atoms with Gasteiger partial charge < -0.3 is 4.74 Å². The molecule has 0 unspecified atom stereocenters. The van der Waals surface area contributed by atoms with Crippen LogP contribution in [0.5, 0.6) is 11.5 Å². The lowest BCUT2D eigenvalue weighted by Crippen LogP contribution is -2.33. The SMILES string of the molecule is C[C@H]1CC(Cc2ccc(Cl)c(Oc3cc(Cl)cc(Br)c3)c2F)=NNC1=O. The van der Waals surface area contributed by atoms with Crippen LogP contribution < -0.4 is 10.2 Å². The third kappa shape index (κ3) is 4.37. The van der Waals surface area contributed by atoms with Crippen molar-refractivity contribution in [2.24, 2.45) is 11.0 Å². The highest BCUT2D eigenvalue weighted by molar-refractivity contribution is 9.10. The van der Waals surface area contributed by atoms with E-state index in [2.05, 4.69) is 26.5 Å². The molecule has 0 spiro atoms. The summed E-state index contributed by atoms with van der Waals surface area (Å²) in [4.78, 5) is 11.5. The van der Waals surface area contributed by atoms with Crippen LogP contribution in [0.25, 0.3) is 0 Å². The molecule has 8 heteroatoms. The van der Waals surface area contributed by atoms with Gasteiger partial charge in [-0.05, 0) is 36.2 Å². The van der Waals surface area contributed by atoms with E-state index in [1.54, 1.807) is 37.3 Å². The van der Waals surface area contributed by atoms with Gasteiger partial charge >= 0.3 is 0 Å². The second kappa shape index (κ2) is 7.94. The molecule has 26 heavy (non-hydrogen) atoms. The summed E-state index contributed by atoms with van der Waals surface area (Å²) >= 11 is 15.4. The molecule has 1 atom stereocenters. The van der Waals surface area contributed by atoms with E-state index in [9.17, 15) is 9.18 Å². The molecule has 1 heterocycles. The highest BCUT2D eigenvalue weighted by Gasteiger charge is 2.23. The molecule has 136 valence electrons. The first-order chi connectivity index (χ1) is 12.3. The lowest BCUT2D eigenvalue weighted by molar-refractivity contribution is -0.124. The molecule has 0 saturated carbocycles. The van der Waals surface area contributed by atoms with Crippen molar-refractivity contribution in [2.75, 3.05) is 0 Å². The van der Waals surface area contributed by atoms with Gasteiger partial charge in [-0.25, -0.2) is 9.82 Å². The van der Waals surface area contributed by atoms with Gasteiger partial charge in [-0.2, -0.15) is 5.10 Å². The number of carbonyl (C=O) groups is 1. The molecule has 1 aliphatic rings. The second-order valence-electron chi connectivity index (χ2n) is 5.99. The number of carbonyl (C=O) groups excluding carboxylic acids is 1. The molecule has 0 fully saturated rings. The Bertz CT molecular complexity index is 885. The van der Waals surface area contributed by atoms with Crippen molar-refractivity contribution < 1.29 is 13.9 Å². The minimum atomic E-state index is -0.569. The Hall–Kier alpha value is -1.63. The zero-order valence-electron chi connectivity index (χ0n) is 13.7. The Morgan fingerprint density at radius 1 is 1.35 bits per heavy atom. The van der Waals surface area contributed by atoms with Gasteiger partial charge in [0.1, 0.15) is 5.75 Å². The average Bonchev–Trinajstić information content (AvgIpc) is 2.56. The molecule has 0 bridgehead atoms. The summed E-state index contributed by atoms with van der Waals surface area (Å²) in [6, 6.07) is 8.08. The minimum absolute atomic E-state index is 0.0770. The van der Waals surface area contributed by atoms with Crippen molar-refractivity contribution in [3.8, 4) is 11.5 Å². The van der Waals surface area contributed by atoms with E-state index in [0.717, 1.165) is 0 Å². The maximum atomic E-state index is 15.0. The molecule has 2 aromatic carbocycles. The summed E-state index contributed by atoms with van der Waals surface area (Å²) in [5.74, 6) is -0.621. The van der Waals surface area contributed by atoms with Gasteiger partial charge in [-0.1, -0.05) is 52.1 Å². The van der Waals surface area contributed by atoms with Crippen molar-refractivity contribution in [2.45, 2.75) is 19.8 Å². The van der Waals surface area contributed by atoms with Crippen molar-refractivity contribution in [1.29, 1.82) is 0 Å². The molecule has 0 aliphatic carbocycles. The predicted octanol–water partition coefficient (Wildman–Crippen LogP) is 5.74. The molecule has 3 rings (SSSR count). The van der Waals surface area contributed by atoms with E-state index < -0.39 is 5.82 Å². The van der Waals surface area contributed by atoms with Crippen LogP contribution in [0.1, 0.15) is 18.9 Å². The van der Waals surface area contributed by atoms with Gasteiger partial charge in [-0.3, -0.25) is 4.79 Å². The summed E-state index contributed by atoms with van der Waals surface area (Å²) < 4.78 is 21.3. The van der Waals surface area contributed by atoms with E-state index in [1.165, 1.54) is 0 Å². The van der Waals surface area contributed by atoms with Crippen molar-refractivity contribution in [3.05, 3.63) is 56.2 Å². The number of hydrogen-bond acceptors (Lipinski definition) is 3. The summed E-state index contributed by atoms with van der Waals surface area (Å²) in [6.07, 6.45) is 0.731. The third-order valence-corrected chi connectivity index (χ3v) is 4.87. The van der Waals surface area contributed by atoms with Crippen LogP contribution in [0.4, 0.5) is 4.39 Å². The van der Waals surface area contributed by atoms with E-state index in [0.29, 0.717) is 32.9 Å². The summed E-state index contributed by atoms with van der Waals surface area (Å²) in [7, 11) is 0. The Labute approximate surface area is 168 Å². The third-order valence-electron chi connectivity index (χ3n) is 3.89. The Balaban J connectivity index is 1.88. The van der Waals surface area contributed by atoms with Crippen LogP contribution in [0.3, 0.4) is 0 Å². The zero-order chi connectivity index (χ0) is 18.8. The number of amides is 1. The quantitative estimate of drug-likeness (QED) is 0.633. The van der Waals surface area contributed by atoms with E-state index in [4.69, 9.17) is 27.9 Å². The Morgan fingerprint density at radius 3 is 2.81 bits per heavy atom. The van der Waals surface area contributed by atoms with E-state index in [1.807, 2.05) is 0 Å². The van der Waals surface area contributed by atoms with Gasteiger partial charge in [0.05, 0.1) is 5.02 Å². The van der Waals surface area contributed by atoms with Gasteiger partial charge in [0, 0.05) is 27.5 Å². The van der Waals surface area contributed by atoms with Gasteiger partial charge in [0.2, 0.25) is 5.91 Å². The van der Waals surface area contributed by atoms with E-state index >= 15 is 0 Å². The smallest absolute Gasteiger partial charge is 0.243 e. The molecule has 4 nitrogen and oxygen atoms in total. The fraction of sp³-hybridized carbons (Fsp3) is 0.222. The highest BCUT2D eigenvalue weighted by Crippen LogP contribution is 2.36. The minimum Gasteiger partial charge on any atom is -0.453 e. The molecule has 0 saturated heterocycles. The maximum absolute atomic E-state index is 15.0. The molecule has 0 aromatic heterocycles. The van der Waals surface area contributed by atoms with Crippen LogP contribution in [-0.4, -0.2) is 11.6 Å². The fourth-order valence-corrected chi connectivity index (χ4v) is 3.59. The molecule has 0 radical (unpaired) electrons.